The van der Waals surface area contributed by atoms with E-state index in [-0.39, 0.29) is 17.9 Å². The van der Waals surface area contributed by atoms with E-state index in [2.05, 4.69) is 19.2 Å². The second-order valence-electron chi connectivity index (χ2n) is 6.92. The monoisotopic (exact) mass is 291 g/mol. The van der Waals surface area contributed by atoms with Crippen molar-refractivity contribution in [3.8, 4) is 0 Å². The Morgan fingerprint density at radius 3 is 2.43 bits per heavy atom. The average Bonchev–Trinajstić information content (AvgIpc) is 2.40. The zero-order chi connectivity index (χ0) is 15.7. The summed E-state index contributed by atoms with van der Waals surface area (Å²) in [5, 5.41) is 13.3. The lowest BCUT2D eigenvalue weighted by Crippen LogP contribution is -2.46. The molecule has 1 saturated carbocycles. The summed E-state index contributed by atoms with van der Waals surface area (Å²) in [5.41, 5.74) is 12.1. The predicted molar refractivity (Wildman–Crippen MR) is 84.8 cm³/mol. The Morgan fingerprint density at radius 1 is 1.24 bits per heavy atom. The number of carbonyl (C=O) groups excluding carboxylic acids is 1. The Hall–Kier alpha value is -1.75. The maximum atomic E-state index is 12.1. The first kappa shape index (κ1) is 15.6. The Kier molecular flexibility index (Phi) is 4.14. The lowest BCUT2D eigenvalue weighted by molar-refractivity contribution is -0.0233. The molecule has 0 spiro atoms. The molecule has 0 radical (unpaired) electrons. The van der Waals surface area contributed by atoms with Gasteiger partial charge in [-0.1, -0.05) is 13.8 Å². The molecule has 0 aliphatic heterocycles. The van der Waals surface area contributed by atoms with Crippen molar-refractivity contribution in [2.45, 2.75) is 45.1 Å². The van der Waals surface area contributed by atoms with Gasteiger partial charge in [0.05, 0.1) is 11.2 Å². The Bertz CT molecular complexity index is 530. The number of nitrogen functional groups attached to an aromatic ring is 2. The van der Waals surface area contributed by atoms with Crippen molar-refractivity contribution >= 4 is 17.3 Å². The largest absolute Gasteiger partial charge is 0.399 e. The molecule has 0 aromatic heterocycles. The summed E-state index contributed by atoms with van der Waals surface area (Å²) in [4.78, 5) is 12.1. The number of hydrogen-bond donors (Lipinski definition) is 4. The van der Waals surface area contributed by atoms with Crippen molar-refractivity contribution in [3.05, 3.63) is 23.8 Å². The zero-order valence-electron chi connectivity index (χ0n) is 12.8. The van der Waals surface area contributed by atoms with E-state index in [0.717, 1.165) is 12.8 Å². The highest BCUT2D eigenvalue weighted by Gasteiger charge is 2.36. The van der Waals surface area contributed by atoms with Gasteiger partial charge in [-0.25, -0.2) is 0 Å². The number of nitrogens with two attached hydrogens (primary N) is 2. The molecule has 0 heterocycles. The van der Waals surface area contributed by atoms with Crippen LogP contribution in [-0.2, 0) is 0 Å². The van der Waals surface area contributed by atoms with Gasteiger partial charge in [0, 0.05) is 17.9 Å². The second kappa shape index (κ2) is 5.56. The number of aliphatic hydroxyl groups is 1. The number of hydrogen-bond acceptors (Lipinski definition) is 4. The highest BCUT2D eigenvalue weighted by Crippen LogP contribution is 2.39. The third-order valence-electron chi connectivity index (χ3n) is 4.43. The Morgan fingerprint density at radius 2 is 1.86 bits per heavy atom. The first-order valence-electron chi connectivity index (χ1n) is 7.36. The van der Waals surface area contributed by atoms with Crippen LogP contribution in [0.5, 0.6) is 0 Å². The van der Waals surface area contributed by atoms with E-state index in [1.54, 1.807) is 18.2 Å². The van der Waals surface area contributed by atoms with Crippen LogP contribution in [0.2, 0.25) is 0 Å². The van der Waals surface area contributed by atoms with Gasteiger partial charge < -0.3 is 21.9 Å². The molecular formula is C16H25N3O2. The van der Waals surface area contributed by atoms with E-state index in [9.17, 15) is 9.90 Å². The molecule has 1 aromatic carbocycles. The molecule has 1 aliphatic rings. The molecule has 1 aromatic rings. The summed E-state index contributed by atoms with van der Waals surface area (Å²) in [6, 6.07) is 4.81. The van der Waals surface area contributed by atoms with Crippen molar-refractivity contribution in [1.29, 1.82) is 0 Å². The lowest BCUT2D eigenvalue weighted by Gasteiger charge is -2.40. The van der Waals surface area contributed by atoms with Crippen molar-refractivity contribution in [1.82, 2.24) is 5.32 Å². The first-order chi connectivity index (χ1) is 9.71. The fourth-order valence-electron chi connectivity index (χ4n) is 2.70. The number of nitrogens with one attached hydrogen (secondary N) is 1. The van der Waals surface area contributed by atoms with Crippen LogP contribution in [0.15, 0.2) is 18.2 Å². The molecule has 0 unspecified atom stereocenters. The molecule has 0 atom stereocenters. The van der Waals surface area contributed by atoms with Gasteiger partial charge in [0.2, 0.25) is 0 Å². The van der Waals surface area contributed by atoms with E-state index >= 15 is 0 Å². The molecule has 5 heteroatoms. The molecular weight excluding hydrogens is 266 g/mol. The molecule has 0 bridgehead atoms. The van der Waals surface area contributed by atoms with Gasteiger partial charge in [-0.15, -0.1) is 0 Å². The standard InChI is InChI=1S/C16H25N3O2/c1-15(2)5-7-16(21,8-6-15)10-19-14(20)12-4-3-11(17)9-13(12)18/h3-4,9,21H,5-8,10,17-18H2,1-2H3,(H,19,20). The van der Waals surface area contributed by atoms with Crippen LogP contribution in [0.1, 0.15) is 49.9 Å². The second-order valence-corrected chi connectivity index (χ2v) is 6.92. The fourth-order valence-corrected chi connectivity index (χ4v) is 2.70. The molecule has 5 nitrogen and oxygen atoms in total. The fraction of sp³-hybridized carbons (Fsp3) is 0.562. The van der Waals surface area contributed by atoms with Crippen LogP contribution in [0.4, 0.5) is 11.4 Å². The molecule has 1 fully saturated rings. The van der Waals surface area contributed by atoms with Gasteiger partial charge in [0.15, 0.2) is 0 Å². The number of carbonyl (C=O) groups is 1. The van der Waals surface area contributed by atoms with Gasteiger partial charge in [-0.3, -0.25) is 4.79 Å². The zero-order valence-corrected chi connectivity index (χ0v) is 12.8. The summed E-state index contributed by atoms with van der Waals surface area (Å²) in [6.07, 6.45) is 3.34. The molecule has 1 aliphatic carbocycles. The lowest BCUT2D eigenvalue weighted by atomic mass is 9.71. The van der Waals surface area contributed by atoms with E-state index < -0.39 is 5.60 Å². The summed E-state index contributed by atoms with van der Waals surface area (Å²) >= 11 is 0. The van der Waals surface area contributed by atoms with Crippen LogP contribution in [-0.4, -0.2) is 23.2 Å². The number of anilines is 2. The topological polar surface area (TPSA) is 101 Å². The highest BCUT2D eigenvalue weighted by molar-refractivity contribution is 5.99. The predicted octanol–water partition coefficient (Wildman–Crippen LogP) is 1.91. The minimum absolute atomic E-state index is 0.256. The normalized spacial score (nSPS) is 20.0. The first-order valence-corrected chi connectivity index (χ1v) is 7.36. The number of benzene rings is 1. The van der Waals surface area contributed by atoms with Crippen LogP contribution in [0.3, 0.4) is 0 Å². The maximum Gasteiger partial charge on any atom is 0.253 e. The maximum absolute atomic E-state index is 12.1. The van der Waals surface area contributed by atoms with Gasteiger partial charge in [0.25, 0.3) is 5.91 Å². The van der Waals surface area contributed by atoms with E-state index in [1.165, 1.54) is 0 Å². The quantitative estimate of drug-likeness (QED) is 0.639. The van der Waals surface area contributed by atoms with Crippen LogP contribution >= 0.6 is 0 Å². The molecule has 1 amide bonds. The van der Waals surface area contributed by atoms with Gasteiger partial charge in [0.1, 0.15) is 0 Å². The third kappa shape index (κ3) is 3.88. The molecule has 116 valence electrons. The van der Waals surface area contributed by atoms with E-state index in [4.69, 9.17) is 11.5 Å². The summed E-state index contributed by atoms with van der Waals surface area (Å²) in [7, 11) is 0. The minimum atomic E-state index is -0.812. The van der Waals surface area contributed by atoms with Gasteiger partial charge in [-0.2, -0.15) is 0 Å². The van der Waals surface area contributed by atoms with E-state index in [1.807, 2.05) is 0 Å². The van der Waals surface area contributed by atoms with Crippen molar-refractivity contribution in [2.75, 3.05) is 18.0 Å². The molecule has 21 heavy (non-hydrogen) atoms. The summed E-state index contributed by atoms with van der Waals surface area (Å²) < 4.78 is 0. The minimum Gasteiger partial charge on any atom is -0.399 e. The Balaban J connectivity index is 1.95. The third-order valence-corrected chi connectivity index (χ3v) is 4.43. The molecule has 0 saturated heterocycles. The average molecular weight is 291 g/mol. The summed E-state index contributed by atoms with van der Waals surface area (Å²) in [5.74, 6) is -0.272. The van der Waals surface area contributed by atoms with Gasteiger partial charge in [-0.05, 0) is 49.3 Å². The van der Waals surface area contributed by atoms with Gasteiger partial charge >= 0.3 is 0 Å². The number of rotatable bonds is 3. The summed E-state index contributed by atoms with van der Waals surface area (Å²) in [6.45, 7) is 4.67. The van der Waals surface area contributed by atoms with Crippen LogP contribution in [0.25, 0.3) is 0 Å². The smallest absolute Gasteiger partial charge is 0.253 e. The van der Waals surface area contributed by atoms with Crippen LogP contribution < -0.4 is 16.8 Å². The highest BCUT2D eigenvalue weighted by atomic mass is 16.3. The Labute approximate surface area is 125 Å². The van der Waals surface area contributed by atoms with Crippen molar-refractivity contribution < 1.29 is 9.90 Å². The van der Waals surface area contributed by atoms with Crippen LogP contribution in [0, 0.1) is 5.41 Å². The SMILES string of the molecule is CC1(C)CCC(O)(CNC(=O)c2ccc(N)cc2N)CC1. The number of amides is 1. The van der Waals surface area contributed by atoms with E-state index in [0.29, 0.717) is 29.8 Å². The van der Waals surface area contributed by atoms with Crippen molar-refractivity contribution in [3.63, 3.8) is 0 Å². The molecule has 6 N–H and O–H groups in total. The van der Waals surface area contributed by atoms with Crippen molar-refractivity contribution in [2.24, 2.45) is 5.41 Å². The molecule has 2 rings (SSSR count).